The Morgan fingerprint density at radius 1 is 1.07 bits per heavy atom. The first-order chi connectivity index (χ1) is 13.7. The minimum atomic E-state index is -0.174. The number of hydrogen-bond acceptors (Lipinski definition) is 6. The molecule has 2 aromatic rings. The van der Waals surface area contributed by atoms with Gasteiger partial charge >= 0.3 is 0 Å². The average Bonchev–Trinajstić information content (AvgIpc) is 2.74. The van der Waals surface area contributed by atoms with E-state index in [1.54, 1.807) is 12.4 Å². The summed E-state index contributed by atoms with van der Waals surface area (Å²) in [6, 6.07) is 9.32. The van der Waals surface area contributed by atoms with Gasteiger partial charge in [0.05, 0.1) is 18.3 Å². The van der Waals surface area contributed by atoms with Gasteiger partial charge in [-0.3, -0.25) is 0 Å². The van der Waals surface area contributed by atoms with E-state index in [1.807, 2.05) is 18.2 Å². The molecule has 2 atom stereocenters. The Morgan fingerprint density at radius 2 is 1.86 bits per heavy atom. The zero-order valence-electron chi connectivity index (χ0n) is 16.3. The minimum absolute atomic E-state index is 0.131. The van der Waals surface area contributed by atoms with Crippen LogP contribution in [0.25, 0.3) is 0 Å². The van der Waals surface area contributed by atoms with Crippen LogP contribution >= 0.6 is 0 Å². The smallest absolute Gasteiger partial charge is 0.146 e. The summed E-state index contributed by atoms with van der Waals surface area (Å²) in [7, 11) is 0. The summed E-state index contributed by atoms with van der Waals surface area (Å²) in [4.78, 5) is 15.5. The molecule has 0 saturated carbocycles. The molecule has 2 unspecified atom stereocenters. The van der Waals surface area contributed by atoms with Crippen molar-refractivity contribution in [2.75, 3.05) is 47.5 Å². The highest BCUT2D eigenvalue weighted by atomic mass is 19.1. The zero-order chi connectivity index (χ0) is 19.5. The molecule has 6 nitrogen and oxygen atoms in total. The van der Waals surface area contributed by atoms with E-state index < -0.39 is 0 Å². The molecule has 7 heteroatoms. The number of aliphatic hydroxyl groups excluding tert-OH is 1. The highest BCUT2D eigenvalue weighted by Crippen LogP contribution is 2.28. The Morgan fingerprint density at radius 3 is 2.61 bits per heavy atom. The predicted molar refractivity (Wildman–Crippen MR) is 110 cm³/mol. The van der Waals surface area contributed by atoms with E-state index in [2.05, 4.69) is 31.6 Å². The van der Waals surface area contributed by atoms with E-state index in [-0.39, 0.29) is 24.5 Å². The molecule has 0 aliphatic carbocycles. The van der Waals surface area contributed by atoms with Crippen molar-refractivity contribution in [2.45, 2.75) is 38.3 Å². The lowest BCUT2D eigenvalue weighted by atomic mass is 10.0. The van der Waals surface area contributed by atoms with Crippen LogP contribution < -0.4 is 14.7 Å². The quantitative estimate of drug-likeness (QED) is 0.873. The molecule has 3 heterocycles. The summed E-state index contributed by atoms with van der Waals surface area (Å²) in [6.07, 6.45) is 4.87. The molecule has 1 N–H and O–H groups in total. The highest BCUT2D eigenvalue weighted by Gasteiger charge is 2.28. The fourth-order valence-electron chi connectivity index (χ4n) is 4.37. The van der Waals surface area contributed by atoms with Gasteiger partial charge in [0.1, 0.15) is 23.8 Å². The van der Waals surface area contributed by atoms with Crippen molar-refractivity contribution in [3.63, 3.8) is 0 Å². The molecule has 2 saturated heterocycles. The molecule has 4 rings (SSSR count). The number of hydrogen-bond donors (Lipinski definition) is 1. The number of halogens is 1. The number of anilines is 3. The Kier molecular flexibility index (Phi) is 5.62. The third-order valence-corrected chi connectivity index (χ3v) is 5.89. The van der Waals surface area contributed by atoms with Crippen molar-refractivity contribution < 1.29 is 9.50 Å². The maximum Gasteiger partial charge on any atom is 0.146 e. The van der Waals surface area contributed by atoms with E-state index >= 15 is 0 Å². The van der Waals surface area contributed by atoms with E-state index in [4.69, 9.17) is 0 Å². The average molecular weight is 385 g/mol. The van der Waals surface area contributed by atoms with Crippen molar-refractivity contribution in [1.82, 2.24) is 9.97 Å². The number of piperazine rings is 1. The van der Waals surface area contributed by atoms with Crippen LogP contribution in [0.1, 0.15) is 26.2 Å². The maximum absolute atomic E-state index is 14.1. The molecular weight excluding hydrogens is 357 g/mol. The first-order valence-corrected chi connectivity index (χ1v) is 10.1. The molecule has 0 spiro atoms. The molecule has 2 aliphatic rings. The van der Waals surface area contributed by atoms with Gasteiger partial charge in [0, 0.05) is 38.3 Å². The second kappa shape index (κ2) is 8.31. The van der Waals surface area contributed by atoms with Crippen LogP contribution in [-0.2, 0) is 0 Å². The van der Waals surface area contributed by atoms with Gasteiger partial charge in [-0.05, 0) is 38.3 Å². The molecule has 1 aromatic heterocycles. The van der Waals surface area contributed by atoms with Gasteiger partial charge in [-0.15, -0.1) is 0 Å². The SMILES string of the molecule is CC1CN(c2ccccc2F)CCN1c1cc(N2CCCCC2CO)ncn1. The predicted octanol–water partition coefficient (Wildman–Crippen LogP) is 2.68. The van der Waals surface area contributed by atoms with Gasteiger partial charge in [-0.25, -0.2) is 14.4 Å². The van der Waals surface area contributed by atoms with Crippen LogP contribution in [0.15, 0.2) is 36.7 Å². The Labute approximate surface area is 165 Å². The number of para-hydroxylation sites is 1. The van der Waals surface area contributed by atoms with Gasteiger partial charge in [-0.1, -0.05) is 12.1 Å². The first-order valence-electron chi connectivity index (χ1n) is 10.1. The van der Waals surface area contributed by atoms with E-state index in [0.717, 1.165) is 57.1 Å². The van der Waals surface area contributed by atoms with Crippen molar-refractivity contribution in [3.8, 4) is 0 Å². The van der Waals surface area contributed by atoms with Gasteiger partial charge < -0.3 is 19.8 Å². The largest absolute Gasteiger partial charge is 0.394 e. The van der Waals surface area contributed by atoms with Crippen LogP contribution in [0, 0.1) is 5.82 Å². The second-order valence-corrected chi connectivity index (χ2v) is 7.70. The lowest BCUT2D eigenvalue weighted by molar-refractivity contribution is 0.239. The molecule has 2 aliphatic heterocycles. The first kappa shape index (κ1) is 18.9. The topological polar surface area (TPSA) is 55.7 Å². The van der Waals surface area contributed by atoms with Crippen LogP contribution in [0.5, 0.6) is 0 Å². The number of rotatable bonds is 4. The molecule has 1 aromatic carbocycles. The zero-order valence-corrected chi connectivity index (χ0v) is 16.3. The van der Waals surface area contributed by atoms with Gasteiger partial charge in [0.2, 0.25) is 0 Å². The van der Waals surface area contributed by atoms with E-state index in [0.29, 0.717) is 5.69 Å². The summed E-state index contributed by atoms with van der Waals surface area (Å²) in [6.45, 7) is 5.47. The third-order valence-electron chi connectivity index (χ3n) is 5.89. The molecule has 2 fully saturated rings. The standard InChI is InChI=1S/C21H28FN5O/c1-16-13-25(19-8-3-2-7-18(19)22)10-11-26(16)20-12-21(24-15-23-20)27-9-5-4-6-17(27)14-28/h2-3,7-8,12,15-17,28H,4-6,9-11,13-14H2,1H3. The van der Waals surface area contributed by atoms with Crippen LogP contribution in [0.3, 0.4) is 0 Å². The van der Waals surface area contributed by atoms with Crippen LogP contribution in [0.4, 0.5) is 21.7 Å². The number of nitrogens with zero attached hydrogens (tertiary/aromatic N) is 5. The van der Waals surface area contributed by atoms with Crippen LogP contribution in [0.2, 0.25) is 0 Å². The van der Waals surface area contributed by atoms with Crippen molar-refractivity contribution in [1.29, 1.82) is 0 Å². The number of piperidine rings is 1. The van der Waals surface area contributed by atoms with Crippen LogP contribution in [-0.4, -0.2) is 59.9 Å². The maximum atomic E-state index is 14.1. The van der Waals surface area contributed by atoms with E-state index in [1.165, 1.54) is 6.07 Å². The molecule has 0 radical (unpaired) electrons. The number of aromatic nitrogens is 2. The number of aliphatic hydroxyl groups is 1. The van der Waals surface area contributed by atoms with Gasteiger partial charge in [-0.2, -0.15) is 0 Å². The van der Waals surface area contributed by atoms with Crippen molar-refractivity contribution >= 4 is 17.3 Å². The van der Waals surface area contributed by atoms with Crippen molar-refractivity contribution in [3.05, 3.63) is 42.5 Å². The Balaban J connectivity index is 1.50. The van der Waals surface area contributed by atoms with Gasteiger partial charge in [0.15, 0.2) is 0 Å². The molecule has 0 amide bonds. The lowest BCUT2D eigenvalue weighted by Gasteiger charge is -2.42. The van der Waals surface area contributed by atoms with E-state index in [9.17, 15) is 9.50 Å². The summed E-state index contributed by atoms with van der Waals surface area (Å²) >= 11 is 0. The monoisotopic (exact) mass is 385 g/mol. The highest BCUT2D eigenvalue weighted by molar-refractivity contribution is 5.54. The molecular formula is C21H28FN5O. The summed E-state index contributed by atoms with van der Waals surface area (Å²) in [5.74, 6) is 1.60. The summed E-state index contributed by atoms with van der Waals surface area (Å²) in [5, 5.41) is 9.71. The second-order valence-electron chi connectivity index (χ2n) is 7.70. The summed E-state index contributed by atoms with van der Waals surface area (Å²) in [5.41, 5.74) is 0.663. The van der Waals surface area contributed by atoms with Crippen molar-refractivity contribution in [2.24, 2.45) is 0 Å². The van der Waals surface area contributed by atoms with Gasteiger partial charge in [0.25, 0.3) is 0 Å². The molecule has 28 heavy (non-hydrogen) atoms. The fourth-order valence-corrected chi connectivity index (χ4v) is 4.37. The Bertz CT molecular complexity index is 804. The number of benzene rings is 1. The Hall–Kier alpha value is -2.41. The third kappa shape index (κ3) is 3.76. The molecule has 0 bridgehead atoms. The minimum Gasteiger partial charge on any atom is -0.394 e. The normalized spacial score (nSPS) is 23.2. The lowest BCUT2D eigenvalue weighted by Crippen LogP contribution is -2.52. The fraction of sp³-hybridized carbons (Fsp3) is 0.524. The summed E-state index contributed by atoms with van der Waals surface area (Å²) < 4.78 is 14.1. The molecule has 150 valence electrons.